The van der Waals surface area contributed by atoms with E-state index in [1.54, 1.807) is 11.3 Å². The van der Waals surface area contributed by atoms with Gasteiger partial charge in [-0.15, -0.1) is 11.3 Å². The summed E-state index contributed by atoms with van der Waals surface area (Å²) in [7, 11) is -0.986. The van der Waals surface area contributed by atoms with Crippen LogP contribution in [0.25, 0.3) is 10.2 Å². The highest BCUT2D eigenvalue weighted by atomic mass is 32.2. The van der Waals surface area contributed by atoms with Gasteiger partial charge in [-0.3, -0.25) is 4.90 Å². The van der Waals surface area contributed by atoms with Crippen LogP contribution in [0.3, 0.4) is 0 Å². The molecule has 0 aliphatic rings. The Kier molecular flexibility index (Phi) is 4.23. The SMILES string of the molecule is C[C@H](c1nc2ccccc2s1)N(C)CCS(C)(=O)=O. The monoisotopic (exact) mass is 298 g/mol. The van der Waals surface area contributed by atoms with Crippen LogP contribution in [0.2, 0.25) is 0 Å². The number of fused-ring (bicyclic) bond motifs is 1. The molecule has 0 amide bonds. The van der Waals surface area contributed by atoms with Gasteiger partial charge >= 0.3 is 0 Å². The molecule has 0 saturated heterocycles. The predicted octanol–water partition coefficient (Wildman–Crippen LogP) is 2.33. The van der Waals surface area contributed by atoms with Crippen molar-refractivity contribution in [3.05, 3.63) is 29.3 Å². The number of para-hydroxylation sites is 1. The fraction of sp³-hybridized carbons (Fsp3) is 0.462. The predicted molar refractivity (Wildman–Crippen MR) is 80.4 cm³/mol. The maximum atomic E-state index is 11.2. The molecule has 2 rings (SSSR count). The normalized spacial score (nSPS) is 14.1. The molecule has 1 atom stereocenters. The average molecular weight is 298 g/mol. The van der Waals surface area contributed by atoms with Crippen LogP contribution in [0.5, 0.6) is 0 Å². The number of hydrogen-bond acceptors (Lipinski definition) is 5. The third kappa shape index (κ3) is 3.75. The van der Waals surface area contributed by atoms with E-state index in [4.69, 9.17) is 0 Å². The molecule has 1 aromatic heterocycles. The van der Waals surface area contributed by atoms with Crippen molar-refractivity contribution in [3.63, 3.8) is 0 Å². The van der Waals surface area contributed by atoms with Crippen molar-refractivity contribution in [2.75, 3.05) is 25.6 Å². The highest BCUT2D eigenvalue weighted by Gasteiger charge is 2.17. The fourth-order valence-electron chi connectivity index (χ4n) is 1.76. The molecule has 1 heterocycles. The summed E-state index contributed by atoms with van der Waals surface area (Å²) in [5.74, 6) is 0.179. The Bertz CT molecular complexity index is 631. The van der Waals surface area contributed by atoms with Crippen molar-refractivity contribution in [1.29, 1.82) is 0 Å². The first-order valence-corrected chi connectivity index (χ1v) is 8.98. The molecule has 0 bridgehead atoms. The van der Waals surface area contributed by atoms with E-state index < -0.39 is 9.84 Å². The largest absolute Gasteiger partial charge is 0.296 e. The van der Waals surface area contributed by atoms with E-state index in [9.17, 15) is 8.42 Å². The Morgan fingerprint density at radius 3 is 2.68 bits per heavy atom. The topological polar surface area (TPSA) is 50.3 Å². The van der Waals surface area contributed by atoms with Gasteiger partial charge in [0.25, 0.3) is 0 Å². The van der Waals surface area contributed by atoms with Crippen LogP contribution < -0.4 is 0 Å². The van der Waals surface area contributed by atoms with Gasteiger partial charge in [-0.1, -0.05) is 12.1 Å². The first kappa shape index (κ1) is 14.4. The minimum atomic E-state index is -2.92. The first-order valence-electron chi connectivity index (χ1n) is 6.10. The maximum Gasteiger partial charge on any atom is 0.148 e. The van der Waals surface area contributed by atoms with Crippen LogP contribution in [-0.4, -0.2) is 43.9 Å². The van der Waals surface area contributed by atoms with Gasteiger partial charge in [0.1, 0.15) is 14.8 Å². The lowest BCUT2D eigenvalue weighted by atomic mass is 10.3. The van der Waals surface area contributed by atoms with Crippen molar-refractivity contribution in [1.82, 2.24) is 9.88 Å². The van der Waals surface area contributed by atoms with Gasteiger partial charge in [0.2, 0.25) is 0 Å². The smallest absolute Gasteiger partial charge is 0.148 e. The molecule has 0 saturated carbocycles. The van der Waals surface area contributed by atoms with Crippen LogP contribution in [0.4, 0.5) is 0 Å². The molecule has 4 nitrogen and oxygen atoms in total. The molecule has 0 unspecified atom stereocenters. The lowest BCUT2D eigenvalue weighted by Gasteiger charge is -2.22. The lowest BCUT2D eigenvalue weighted by molar-refractivity contribution is 0.276. The third-order valence-corrected chi connectivity index (χ3v) is 5.27. The molecule has 0 fully saturated rings. The number of benzene rings is 1. The van der Waals surface area contributed by atoms with E-state index >= 15 is 0 Å². The first-order chi connectivity index (χ1) is 8.87. The quantitative estimate of drug-likeness (QED) is 0.850. The maximum absolute atomic E-state index is 11.2. The average Bonchev–Trinajstić information content (AvgIpc) is 2.77. The molecule has 2 aromatic rings. The summed E-state index contributed by atoms with van der Waals surface area (Å²) >= 11 is 1.66. The summed E-state index contributed by atoms with van der Waals surface area (Å²) in [5, 5.41) is 1.03. The Morgan fingerprint density at radius 1 is 1.37 bits per heavy atom. The van der Waals surface area contributed by atoms with Crippen molar-refractivity contribution >= 4 is 31.4 Å². The van der Waals surface area contributed by atoms with Gasteiger partial charge in [-0.2, -0.15) is 0 Å². The third-order valence-electron chi connectivity index (χ3n) is 3.14. The number of aromatic nitrogens is 1. The van der Waals surface area contributed by atoms with Crippen molar-refractivity contribution in [2.24, 2.45) is 0 Å². The van der Waals surface area contributed by atoms with E-state index in [0.717, 1.165) is 10.5 Å². The summed E-state index contributed by atoms with van der Waals surface area (Å²) in [6.07, 6.45) is 1.27. The molecule has 6 heteroatoms. The van der Waals surface area contributed by atoms with Gasteiger partial charge in [-0.25, -0.2) is 13.4 Å². The van der Waals surface area contributed by atoms with E-state index in [1.165, 1.54) is 11.0 Å². The standard InChI is InChI=1S/C13H18N2O2S2/c1-10(15(2)8-9-19(3,16)17)13-14-11-6-4-5-7-12(11)18-13/h4-7,10H,8-9H2,1-3H3/t10-/m1/s1. The highest BCUT2D eigenvalue weighted by Crippen LogP contribution is 2.28. The number of nitrogens with zero attached hydrogens (tertiary/aromatic N) is 2. The molecule has 0 aliphatic heterocycles. The summed E-state index contributed by atoms with van der Waals surface area (Å²) in [6, 6.07) is 8.16. The van der Waals surface area contributed by atoms with Crippen molar-refractivity contribution in [3.8, 4) is 0 Å². The van der Waals surface area contributed by atoms with Crippen LogP contribution in [-0.2, 0) is 9.84 Å². The van der Waals surface area contributed by atoms with Crippen LogP contribution >= 0.6 is 11.3 Å². The zero-order valence-corrected chi connectivity index (χ0v) is 13.0. The highest BCUT2D eigenvalue weighted by molar-refractivity contribution is 7.90. The molecular weight excluding hydrogens is 280 g/mol. The summed E-state index contributed by atoms with van der Waals surface area (Å²) in [6.45, 7) is 2.58. The van der Waals surface area contributed by atoms with E-state index in [0.29, 0.717) is 6.54 Å². The van der Waals surface area contributed by atoms with Crippen molar-refractivity contribution in [2.45, 2.75) is 13.0 Å². The molecule has 1 aromatic carbocycles. The summed E-state index contributed by atoms with van der Waals surface area (Å²) < 4.78 is 23.6. The minimum absolute atomic E-state index is 0.124. The van der Waals surface area contributed by atoms with Gasteiger partial charge < -0.3 is 0 Å². The second-order valence-electron chi connectivity index (χ2n) is 4.81. The van der Waals surface area contributed by atoms with E-state index in [2.05, 4.69) is 18.0 Å². The van der Waals surface area contributed by atoms with Crippen molar-refractivity contribution < 1.29 is 8.42 Å². The van der Waals surface area contributed by atoms with Gasteiger partial charge in [0, 0.05) is 12.8 Å². The number of thiazole rings is 1. The summed E-state index contributed by atoms with van der Waals surface area (Å²) in [5.41, 5.74) is 1.01. The molecule has 0 radical (unpaired) electrons. The van der Waals surface area contributed by atoms with Crippen LogP contribution in [0, 0.1) is 0 Å². The van der Waals surface area contributed by atoms with E-state index in [1.807, 2.05) is 30.1 Å². The number of sulfone groups is 1. The zero-order chi connectivity index (χ0) is 14.0. The number of rotatable bonds is 5. The summed E-state index contributed by atoms with van der Waals surface area (Å²) in [4.78, 5) is 6.63. The Balaban J connectivity index is 2.12. The second kappa shape index (κ2) is 5.56. The number of hydrogen-bond donors (Lipinski definition) is 0. The molecule has 0 aliphatic carbocycles. The second-order valence-corrected chi connectivity index (χ2v) is 8.13. The molecular formula is C13H18N2O2S2. The van der Waals surface area contributed by atoms with Gasteiger partial charge in [-0.05, 0) is 26.1 Å². The lowest BCUT2D eigenvalue weighted by Crippen LogP contribution is -2.28. The van der Waals surface area contributed by atoms with Crippen LogP contribution in [0.1, 0.15) is 18.0 Å². The minimum Gasteiger partial charge on any atom is -0.296 e. The Hall–Kier alpha value is -0.980. The fourth-order valence-corrected chi connectivity index (χ4v) is 3.47. The van der Waals surface area contributed by atoms with Gasteiger partial charge in [0.05, 0.1) is 22.0 Å². The van der Waals surface area contributed by atoms with Gasteiger partial charge in [0.15, 0.2) is 0 Å². The van der Waals surface area contributed by atoms with Crippen LogP contribution in [0.15, 0.2) is 24.3 Å². The molecule has 104 valence electrons. The molecule has 0 N–H and O–H groups in total. The Morgan fingerprint density at radius 2 is 2.05 bits per heavy atom. The van der Waals surface area contributed by atoms with E-state index in [-0.39, 0.29) is 11.8 Å². The molecule has 0 spiro atoms. The molecule has 19 heavy (non-hydrogen) atoms. The zero-order valence-electron chi connectivity index (χ0n) is 11.3. The Labute approximate surface area is 118 Å².